The van der Waals surface area contributed by atoms with Crippen LogP contribution in [0.4, 0.5) is 17.6 Å². The van der Waals surface area contributed by atoms with E-state index in [2.05, 4.69) is 15.9 Å². The van der Waals surface area contributed by atoms with Gasteiger partial charge in [-0.1, -0.05) is 15.9 Å². The highest BCUT2D eigenvalue weighted by Gasteiger charge is 2.23. The highest BCUT2D eigenvalue weighted by molar-refractivity contribution is 9.09. The molecule has 0 unspecified atom stereocenters. The third kappa shape index (κ3) is 3.53. The summed E-state index contributed by atoms with van der Waals surface area (Å²) in [5, 5.41) is 0. The van der Waals surface area contributed by atoms with E-state index in [1.54, 1.807) is 0 Å². The third-order valence-electron chi connectivity index (χ3n) is 2.12. The van der Waals surface area contributed by atoms with Crippen LogP contribution in [-0.2, 0) is 11.0 Å². The second-order valence-electron chi connectivity index (χ2n) is 4.14. The summed E-state index contributed by atoms with van der Waals surface area (Å²) in [6.07, 6.45) is 0. The van der Waals surface area contributed by atoms with Crippen molar-refractivity contribution >= 4 is 24.2 Å². The SMILES string of the molecule is C[Si](C)(CBr)OCc1cc(F)c(F)c(F)c1F. The number of alkyl halides is 1. The number of rotatable bonds is 4. The van der Waals surface area contributed by atoms with Crippen molar-refractivity contribution in [1.82, 2.24) is 0 Å². The van der Waals surface area contributed by atoms with Gasteiger partial charge in [0.25, 0.3) is 0 Å². The first-order chi connectivity index (χ1) is 7.78. The van der Waals surface area contributed by atoms with Crippen molar-refractivity contribution in [2.45, 2.75) is 19.7 Å². The lowest BCUT2D eigenvalue weighted by Crippen LogP contribution is -2.32. The van der Waals surface area contributed by atoms with E-state index in [0.29, 0.717) is 11.0 Å². The van der Waals surface area contributed by atoms with Gasteiger partial charge in [-0.15, -0.1) is 0 Å². The fourth-order valence-corrected chi connectivity index (χ4v) is 2.15. The maximum Gasteiger partial charge on any atom is 0.197 e. The zero-order valence-electron chi connectivity index (χ0n) is 9.29. The van der Waals surface area contributed by atoms with Gasteiger partial charge in [-0.25, -0.2) is 17.6 Å². The lowest BCUT2D eigenvalue weighted by Gasteiger charge is -2.20. The second-order valence-corrected chi connectivity index (χ2v) is 9.90. The van der Waals surface area contributed by atoms with Crippen molar-refractivity contribution < 1.29 is 22.0 Å². The Bertz CT molecular complexity index is 425. The molecule has 0 N–H and O–H groups in total. The lowest BCUT2D eigenvalue weighted by molar-refractivity contribution is 0.286. The second kappa shape index (κ2) is 5.49. The predicted octanol–water partition coefficient (Wildman–Crippen LogP) is 3.90. The maximum atomic E-state index is 13.3. The first kappa shape index (κ1) is 14.7. The minimum absolute atomic E-state index is 0.273. The standard InChI is InChI=1S/C10H11BrF4OSi/c1-17(2,5-11)16-4-6-3-7(12)9(14)10(15)8(6)13/h3H,4-5H2,1-2H3. The van der Waals surface area contributed by atoms with Crippen molar-refractivity contribution in [1.29, 1.82) is 0 Å². The van der Waals surface area contributed by atoms with Gasteiger partial charge in [0.15, 0.2) is 31.6 Å². The molecule has 96 valence electrons. The van der Waals surface area contributed by atoms with E-state index in [0.717, 1.165) is 0 Å². The Morgan fingerprint density at radius 3 is 2.24 bits per heavy atom. The molecule has 0 aliphatic carbocycles. The van der Waals surface area contributed by atoms with Crippen LogP contribution >= 0.6 is 15.9 Å². The van der Waals surface area contributed by atoms with E-state index in [1.807, 2.05) is 13.1 Å². The van der Waals surface area contributed by atoms with Gasteiger partial charge in [0, 0.05) is 10.5 Å². The molecule has 1 nitrogen and oxygen atoms in total. The quantitative estimate of drug-likeness (QED) is 0.267. The minimum Gasteiger partial charge on any atom is -0.412 e. The fraction of sp³-hybridized carbons (Fsp3) is 0.400. The molecule has 0 saturated heterocycles. The average Bonchev–Trinajstić information content (AvgIpc) is 2.29. The Kier molecular flexibility index (Phi) is 4.74. The van der Waals surface area contributed by atoms with Gasteiger partial charge in [-0.05, 0) is 19.2 Å². The normalized spacial score (nSPS) is 11.9. The largest absolute Gasteiger partial charge is 0.412 e. The summed E-state index contributed by atoms with van der Waals surface area (Å²) in [7, 11) is -2.02. The zero-order chi connectivity index (χ0) is 13.2. The molecule has 0 amide bonds. The predicted molar refractivity (Wildman–Crippen MR) is 62.3 cm³/mol. The van der Waals surface area contributed by atoms with Crippen molar-refractivity contribution in [3.05, 3.63) is 34.9 Å². The Labute approximate surface area is 106 Å². The summed E-state index contributed by atoms with van der Waals surface area (Å²) < 4.78 is 57.1. The molecular formula is C10H11BrF4OSi. The van der Waals surface area contributed by atoms with Crippen molar-refractivity contribution in [2.75, 3.05) is 4.95 Å². The molecule has 0 aromatic heterocycles. The van der Waals surface area contributed by atoms with Crippen molar-refractivity contribution in [3.63, 3.8) is 0 Å². The Hall–Kier alpha value is -0.403. The monoisotopic (exact) mass is 330 g/mol. The molecule has 0 saturated carbocycles. The number of hydrogen-bond acceptors (Lipinski definition) is 1. The van der Waals surface area contributed by atoms with Gasteiger partial charge >= 0.3 is 0 Å². The summed E-state index contributed by atoms with van der Waals surface area (Å²) >= 11 is 3.24. The summed E-state index contributed by atoms with van der Waals surface area (Å²) in [5.74, 6) is -6.42. The Morgan fingerprint density at radius 2 is 1.71 bits per heavy atom. The van der Waals surface area contributed by atoms with Crippen LogP contribution in [0.3, 0.4) is 0 Å². The van der Waals surface area contributed by atoms with Crippen LogP contribution in [-0.4, -0.2) is 13.3 Å². The van der Waals surface area contributed by atoms with Gasteiger partial charge < -0.3 is 4.43 Å². The first-order valence-corrected chi connectivity index (χ1v) is 9.04. The molecule has 0 radical (unpaired) electrons. The number of halogens is 5. The molecule has 17 heavy (non-hydrogen) atoms. The van der Waals surface area contributed by atoms with Crippen molar-refractivity contribution in [3.8, 4) is 0 Å². The van der Waals surface area contributed by atoms with E-state index in [9.17, 15) is 17.6 Å². The van der Waals surface area contributed by atoms with Gasteiger partial charge in [-0.3, -0.25) is 0 Å². The van der Waals surface area contributed by atoms with E-state index in [-0.39, 0.29) is 12.2 Å². The van der Waals surface area contributed by atoms with Crippen LogP contribution in [0.25, 0.3) is 0 Å². The van der Waals surface area contributed by atoms with Crippen LogP contribution in [0.5, 0.6) is 0 Å². The number of hydrogen-bond donors (Lipinski definition) is 0. The topological polar surface area (TPSA) is 9.23 Å². The van der Waals surface area contributed by atoms with E-state index in [4.69, 9.17) is 4.43 Å². The summed E-state index contributed by atoms with van der Waals surface area (Å²) in [6.45, 7) is 3.44. The van der Waals surface area contributed by atoms with Crippen LogP contribution in [0.1, 0.15) is 5.56 Å². The smallest absolute Gasteiger partial charge is 0.197 e. The highest BCUT2D eigenvalue weighted by Crippen LogP contribution is 2.21. The molecule has 0 aliphatic heterocycles. The highest BCUT2D eigenvalue weighted by atomic mass is 79.9. The Balaban J connectivity index is 2.93. The molecule has 1 rings (SSSR count). The third-order valence-corrected chi connectivity index (χ3v) is 7.74. The van der Waals surface area contributed by atoms with E-state index in [1.165, 1.54) is 0 Å². The summed E-state index contributed by atoms with van der Waals surface area (Å²) in [5.41, 5.74) is -0.317. The molecule has 7 heteroatoms. The molecule has 0 bridgehead atoms. The van der Waals surface area contributed by atoms with Gasteiger partial charge in [0.2, 0.25) is 0 Å². The average molecular weight is 331 g/mol. The van der Waals surface area contributed by atoms with E-state index < -0.39 is 31.6 Å². The van der Waals surface area contributed by atoms with Crippen LogP contribution in [0.2, 0.25) is 13.1 Å². The molecule has 1 aromatic rings. The lowest BCUT2D eigenvalue weighted by atomic mass is 10.2. The summed E-state index contributed by atoms with van der Waals surface area (Å²) in [6, 6.07) is 0.618. The molecule has 0 atom stereocenters. The van der Waals surface area contributed by atoms with Gasteiger partial charge in [0.1, 0.15) is 0 Å². The fourth-order valence-electron chi connectivity index (χ4n) is 1.04. The van der Waals surface area contributed by atoms with Crippen LogP contribution < -0.4 is 0 Å². The molecular weight excluding hydrogens is 320 g/mol. The minimum atomic E-state index is -2.02. The molecule has 0 aliphatic rings. The molecule has 0 spiro atoms. The molecule has 0 fully saturated rings. The maximum absolute atomic E-state index is 13.3. The van der Waals surface area contributed by atoms with Gasteiger partial charge in [0.05, 0.1) is 6.61 Å². The van der Waals surface area contributed by atoms with Crippen LogP contribution in [0.15, 0.2) is 6.07 Å². The Morgan fingerprint density at radius 1 is 1.12 bits per heavy atom. The first-order valence-electron chi connectivity index (χ1n) is 4.80. The van der Waals surface area contributed by atoms with Gasteiger partial charge in [-0.2, -0.15) is 0 Å². The van der Waals surface area contributed by atoms with Crippen molar-refractivity contribution in [2.24, 2.45) is 0 Å². The summed E-state index contributed by atoms with van der Waals surface area (Å²) in [4.78, 5) is 0.605. The number of benzene rings is 1. The molecule has 0 heterocycles. The molecule has 1 aromatic carbocycles. The van der Waals surface area contributed by atoms with Crippen LogP contribution in [0, 0.1) is 23.3 Å². The zero-order valence-corrected chi connectivity index (χ0v) is 11.9. The van der Waals surface area contributed by atoms with E-state index >= 15 is 0 Å².